The van der Waals surface area contributed by atoms with Crippen molar-refractivity contribution in [2.24, 2.45) is 4.99 Å². The number of phenols is 1. The molecule has 0 unspecified atom stereocenters. The Morgan fingerprint density at radius 1 is 0.958 bits per heavy atom. The zero-order valence-electron chi connectivity index (χ0n) is 12.7. The topological polar surface area (TPSA) is 49.7 Å². The van der Waals surface area contributed by atoms with E-state index in [1.165, 1.54) is 0 Å². The Morgan fingerprint density at radius 2 is 1.75 bits per heavy atom. The standard InChI is InChI=1S/C20H14ClNO2/c21-16-9-10-19(22-13-14-5-4-8-17(23)11-14)18(12-16)20(24)15-6-2-1-3-7-15/h1-13,23H. The Bertz CT molecular complexity index is 905. The molecule has 0 aliphatic rings. The molecule has 3 nitrogen and oxygen atoms in total. The van der Waals surface area contributed by atoms with Crippen LogP contribution >= 0.6 is 11.6 Å². The van der Waals surface area contributed by atoms with Crippen LogP contribution in [-0.2, 0) is 0 Å². The van der Waals surface area contributed by atoms with Crippen molar-refractivity contribution in [3.8, 4) is 5.75 Å². The first-order valence-electron chi connectivity index (χ1n) is 7.36. The van der Waals surface area contributed by atoms with Crippen LogP contribution in [-0.4, -0.2) is 17.1 Å². The van der Waals surface area contributed by atoms with E-state index in [2.05, 4.69) is 4.99 Å². The highest BCUT2D eigenvalue weighted by molar-refractivity contribution is 6.31. The van der Waals surface area contributed by atoms with E-state index in [1.807, 2.05) is 24.3 Å². The highest BCUT2D eigenvalue weighted by Crippen LogP contribution is 2.26. The van der Waals surface area contributed by atoms with Crippen molar-refractivity contribution in [1.82, 2.24) is 0 Å². The molecule has 1 N–H and O–H groups in total. The van der Waals surface area contributed by atoms with Gasteiger partial charge in [-0.2, -0.15) is 0 Å². The van der Waals surface area contributed by atoms with Gasteiger partial charge in [-0.3, -0.25) is 9.79 Å². The molecular weight excluding hydrogens is 322 g/mol. The summed E-state index contributed by atoms with van der Waals surface area (Å²) in [7, 11) is 0. The largest absolute Gasteiger partial charge is 0.508 e. The van der Waals surface area contributed by atoms with Gasteiger partial charge in [0.2, 0.25) is 0 Å². The van der Waals surface area contributed by atoms with Gasteiger partial charge in [0.05, 0.1) is 5.69 Å². The van der Waals surface area contributed by atoms with E-state index in [1.54, 1.807) is 54.7 Å². The minimum Gasteiger partial charge on any atom is -0.508 e. The Labute approximate surface area is 144 Å². The van der Waals surface area contributed by atoms with E-state index in [-0.39, 0.29) is 11.5 Å². The number of aliphatic imine (C=N–C) groups is 1. The third kappa shape index (κ3) is 3.70. The minimum absolute atomic E-state index is 0.138. The molecule has 0 spiro atoms. The smallest absolute Gasteiger partial charge is 0.195 e. The van der Waals surface area contributed by atoms with Crippen molar-refractivity contribution in [2.75, 3.05) is 0 Å². The van der Waals surface area contributed by atoms with Crippen molar-refractivity contribution < 1.29 is 9.90 Å². The molecule has 0 aliphatic heterocycles. The van der Waals surface area contributed by atoms with Gasteiger partial charge in [-0.05, 0) is 35.9 Å². The van der Waals surface area contributed by atoms with Gasteiger partial charge in [-0.1, -0.05) is 54.1 Å². The van der Waals surface area contributed by atoms with Gasteiger partial charge >= 0.3 is 0 Å². The third-order valence-electron chi connectivity index (χ3n) is 3.46. The number of halogens is 1. The summed E-state index contributed by atoms with van der Waals surface area (Å²) in [5.74, 6) is 0.0248. The van der Waals surface area contributed by atoms with Gasteiger partial charge in [0, 0.05) is 22.4 Å². The molecule has 3 aromatic carbocycles. The normalized spacial score (nSPS) is 10.9. The molecule has 118 valence electrons. The molecule has 24 heavy (non-hydrogen) atoms. The maximum atomic E-state index is 12.7. The molecule has 0 saturated heterocycles. The number of benzene rings is 3. The number of hydrogen-bond acceptors (Lipinski definition) is 3. The van der Waals surface area contributed by atoms with Crippen LogP contribution in [0.4, 0.5) is 5.69 Å². The maximum Gasteiger partial charge on any atom is 0.195 e. The number of carbonyl (C=O) groups is 1. The monoisotopic (exact) mass is 335 g/mol. The fraction of sp³-hybridized carbons (Fsp3) is 0. The van der Waals surface area contributed by atoms with E-state index >= 15 is 0 Å². The Morgan fingerprint density at radius 3 is 2.50 bits per heavy atom. The number of aromatic hydroxyl groups is 1. The zero-order chi connectivity index (χ0) is 16.9. The van der Waals surface area contributed by atoms with Crippen LogP contribution in [0.1, 0.15) is 21.5 Å². The van der Waals surface area contributed by atoms with E-state index in [4.69, 9.17) is 11.6 Å². The Kier molecular flexibility index (Phi) is 4.73. The van der Waals surface area contributed by atoms with Gasteiger partial charge < -0.3 is 5.11 Å². The Hall–Kier alpha value is -2.91. The number of hydrogen-bond donors (Lipinski definition) is 1. The first kappa shape index (κ1) is 16.0. The average Bonchev–Trinajstić information content (AvgIpc) is 2.61. The van der Waals surface area contributed by atoms with Crippen molar-refractivity contribution in [1.29, 1.82) is 0 Å². The summed E-state index contributed by atoms with van der Waals surface area (Å²) in [5.41, 5.74) is 2.28. The lowest BCUT2D eigenvalue weighted by Crippen LogP contribution is -2.01. The molecule has 3 rings (SSSR count). The average molecular weight is 336 g/mol. The fourth-order valence-electron chi connectivity index (χ4n) is 2.30. The molecular formula is C20H14ClNO2. The molecule has 3 aromatic rings. The molecule has 0 heterocycles. The molecule has 0 saturated carbocycles. The SMILES string of the molecule is O=C(c1ccccc1)c1cc(Cl)ccc1N=Cc1cccc(O)c1. The van der Waals surface area contributed by atoms with Gasteiger partial charge in [0.15, 0.2) is 5.78 Å². The van der Waals surface area contributed by atoms with Crippen LogP contribution in [0.15, 0.2) is 77.8 Å². The van der Waals surface area contributed by atoms with Gasteiger partial charge in [0.1, 0.15) is 5.75 Å². The number of phenolic OH excluding ortho intramolecular Hbond substituents is 1. The number of rotatable bonds is 4. The molecule has 0 aliphatic carbocycles. The number of carbonyl (C=O) groups excluding carboxylic acids is 1. The van der Waals surface area contributed by atoms with Crippen LogP contribution in [0, 0.1) is 0 Å². The predicted molar refractivity (Wildman–Crippen MR) is 96.7 cm³/mol. The van der Waals surface area contributed by atoms with Crippen molar-refractivity contribution in [3.05, 3.63) is 94.5 Å². The van der Waals surface area contributed by atoms with Crippen LogP contribution in [0.3, 0.4) is 0 Å². The van der Waals surface area contributed by atoms with Crippen molar-refractivity contribution >= 4 is 29.3 Å². The molecule has 0 aromatic heterocycles. The summed E-state index contributed by atoms with van der Waals surface area (Å²) >= 11 is 6.05. The first-order valence-corrected chi connectivity index (χ1v) is 7.74. The molecule has 0 radical (unpaired) electrons. The third-order valence-corrected chi connectivity index (χ3v) is 3.70. The van der Waals surface area contributed by atoms with Crippen LogP contribution in [0.25, 0.3) is 0 Å². The summed E-state index contributed by atoms with van der Waals surface area (Å²) < 4.78 is 0. The number of ketones is 1. The Balaban J connectivity index is 1.98. The predicted octanol–water partition coefficient (Wildman–Crippen LogP) is 5.03. The summed E-state index contributed by atoms with van der Waals surface area (Å²) in [6.07, 6.45) is 1.60. The van der Waals surface area contributed by atoms with E-state index < -0.39 is 0 Å². The summed E-state index contributed by atoms with van der Waals surface area (Å²) in [4.78, 5) is 17.1. The summed E-state index contributed by atoms with van der Waals surface area (Å²) in [6, 6.07) is 20.7. The van der Waals surface area contributed by atoms with Crippen molar-refractivity contribution in [2.45, 2.75) is 0 Å². The highest BCUT2D eigenvalue weighted by atomic mass is 35.5. The molecule has 0 fully saturated rings. The lowest BCUT2D eigenvalue weighted by Gasteiger charge is -2.06. The second-order valence-electron chi connectivity index (χ2n) is 5.21. The van der Waals surface area contributed by atoms with Gasteiger partial charge in [-0.25, -0.2) is 0 Å². The fourth-order valence-corrected chi connectivity index (χ4v) is 2.47. The minimum atomic E-state index is -0.138. The second kappa shape index (κ2) is 7.11. The lowest BCUT2D eigenvalue weighted by atomic mass is 10.0. The second-order valence-corrected chi connectivity index (χ2v) is 5.65. The molecule has 0 atom stereocenters. The maximum absolute atomic E-state index is 12.7. The quantitative estimate of drug-likeness (QED) is 0.537. The van der Waals surface area contributed by atoms with E-state index in [9.17, 15) is 9.90 Å². The molecule has 4 heteroatoms. The zero-order valence-corrected chi connectivity index (χ0v) is 13.4. The summed E-state index contributed by atoms with van der Waals surface area (Å²) in [6.45, 7) is 0. The first-order chi connectivity index (χ1) is 11.6. The number of nitrogens with zero attached hydrogens (tertiary/aromatic N) is 1. The van der Waals surface area contributed by atoms with Gasteiger partial charge in [0.25, 0.3) is 0 Å². The molecule has 0 amide bonds. The summed E-state index contributed by atoms with van der Waals surface area (Å²) in [5, 5.41) is 9.98. The van der Waals surface area contributed by atoms with Crippen LogP contribution < -0.4 is 0 Å². The molecule has 0 bridgehead atoms. The van der Waals surface area contributed by atoms with Crippen LogP contribution in [0.5, 0.6) is 5.75 Å². The van der Waals surface area contributed by atoms with Crippen LogP contribution in [0.2, 0.25) is 5.02 Å². The van der Waals surface area contributed by atoms with Crippen molar-refractivity contribution in [3.63, 3.8) is 0 Å². The van der Waals surface area contributed by atoms with E-state index in [0.717, 1.165) is 5.56 Å². The lowest BCUT2D eigenvalue weighted by molar-refractivity contribution is 0.103. The van der Waals surface area contributed by atoms with Gasteiger partial charge in [-0.15, -0.1) is 0 Å². The van der Waals surface area contributed by atoms with E-state index in [0.29, 0.717) is 21.8 Å². The highest BCUT2D eigenvalue weighted by Gasteiger charge is 2.13.